The Balaban J connectivity index is 1.95. The highest BCUT2D eigenvalue weighted by molar-refractivity contribution is 5.98. The summed E-state index contributed by atoms with van der Waals surface area (Å²) in [6.07, 6.45) is 2.08. The Morgan fingerprint density at radius 2 is 2.25 bits per heavy atom. The number of hydrogen-bond donors (Lipinski definition) is 1. The minimum atomic E-state index is -0.279. The zero-order valence-corrected chi connectivity index (χ0v) is 8.90. The standard InChI is InChI=1S/C13H13NO2/c15-12-10-7-8-5-6-16-13(8,10)9-3-1-2-4-11(9)14-12/h1-4,8,10H,5-7H2,(H,14,15)/t8-,10?,13?/m1/s1. The van der Waals surface area contributed by atoms with Gasteiger partial charge in [-0.25, -0.2) is 0 Å². The molecule has 3 aliphatic rings. The second-order valence-corrected chi connectivity index (χ2v) is 4.95. The SMILES string of the molecule is O=C1Nc2ccccc2C23OCC[C@@H]2CC13. The van der Waals surface area contributed by atoms with Crippen molar-refractivity contribution in [2.75, 3.05) is 11.9 Å². The van der Waals surface area contributed by atoms with Gasteiger partial charge >= 0.3 is 0 Å². The van der Waals surface area contributed by atoms with E-state index < -0.39 is 0 Å². The molecule has 0 aromatic heterocycles. The van der Waals surface area contributed by atoms with Crippen molar-refractivity contribution in [2.45, 2.75) is 18.4 Å². The molecule has 2 unspecified atom stereocenters. The molecule has 3 atom stereocenters. The fraction of sp³-hybridized carbons (Fsp3) is 0.462. The van der Waals surface area contributed by atoms with Crippen LogP contribution in [0, 0.1) is 11.8 Å². The van der Waals surface area contributed by atoms with Crippen LogP contribution in [0.25, 0.3) is 0 Å². The fourth-order valence-corrected chi connectivity index (χ4v) is 3.62. The second-order valence-electron chi connectivity index (χ2n) is 4.95. The summed E-state index contributed by atoms with van der Waals surface area (Å²) in [4.78, 5) is 12.0. The Bertz CT molecular complexity index is 485. The molecule has 82 valence electrons. The van der Waals surface area contributed by atoms with E-state index in [1.165, 1.54) is 5.56 Å². The molecule has 1 saturated carbocycles. The first-order chi connectivity index (χ1) is 7.82. The summed E-state index contributed by atoms with van der Waals surface area (Å²) in [6.45, 7) is 0.794. The maximum absolute atomic E-state index is 12.0. The number of ether oxygens (including phenoxy) is 1. The molecule has 1 spiro atoms. The highest BCUT2D eigenvalue weighted by atomic mass is 16.5. The van der Waals surface area contributed by atoms with Gasteiger partial charge in [0.2, 0.25) is 5.91 Å². The number of rotatable bonds is 0. The minimum absolute atomic E-state index is 0.0369. The van der Waals surface area contributed by atoms with Gasteiger partial charge in [-0.15, -0.1) is 0 Å². The summed E-state index contributed by atoms with van der Waals surface area (Å²) in [5, 5.41) is 2.98. The number of fused-ring (bicyclic) bond motifs is 1. The Kier molecular flexibility index (Phi) is 1.46. The van der Waals surface area contributed by atoms with Gasteiger partial charge in [-0.05, 0) is 24.8 Å². The van der Waals surface area contributed by atoms with Crippen molar-refractivity contribution >= 4 is 11.6 Å². The third-order valence-electron chi connectivity index (χ3n) is 4.37. The van der Waals surface area contributed by atoms with E-state index in [4.69, 9.17) is 4.74 Å². The lowest BCUT2D eigenvalue weighted by atomic mass is 9.56. The summed E-state index contributed by atoms with van der Waals surface area (Å²) in [5.74, 6) is 0.719. The van der Waals surface area contributed by atoms with Gasteiger partial charge in [0.25, 0.3) is 0 Å². The number of benzene rings is 1. The van der Waals surface area contributed by atoms with Crippen molar-refractivity contribution in [2.24, 2.45) is 11.8 Å². The predicted molar refractivity (Wildman–Crippen MR) is 58.9 cm³/mol. The Hall–Kier alpha value is -1.35. The van der Waals surface area contributed by atoms with Crippen molar-refractivity contribution in [1.82, 2.24) is 0 Å². The molecule has 3 nitrogen and oxygen atoms in total. The van der Waals surface area contributed by atoms with E-state index in [1.807, 2.05) is 18.2 Å². The molecule has 3 heteroatoms. The molecule has 1 saturated heterocycles. The van der Waals surface area contributed by atoms with E-state index in [-0.39, 0.29) is 17.4 Å². The van der Waals surface area contributed by atoms with Crippen molar-refractivity contribution in [1.29, 1.82) is 0 Å². The minimum Gasteiger partial charge on any atom is -0.369 e. The van der Waals surface area contributed by atoms with Crippen molar-refractivity contribution in [3.05, 3.63) is 29.8 Å². The van der Waals surface area contributed by atoms with Crippen LogP contribution in [-0.2, 0) is 15.1 Å². The largest absolute Gasteiger partial charge is 0.369 e. The van der Waals surface area contributed by atoms with Crippen LogP contribution in [0.3, 0.4) is 0 Å². The lowest BCUT2D eigenvalue weighted by molar-refractivity contribution is -0.165. The van der Waals surface area contributed by atoms with E-state index in [0.717, 1.165) is 25.1 Å². The van der Waals surface area contributed by atoms with Gasteiger partial charge in [0.15, 0.2) is 0 Å². The van der Waals surface area contributed by atoms with Crippen LogP contribution in [0.15, 0.2) is 24.3 Å². The van der Waals surface area contributed by atoms with Crippen molar-refractivity contribution in [3.63, 3.8) is 0 Å². The first kappa shape index (κ1) is 8.76. The molecular weight excluding hydrogens is 202 g/mol. The number of nitrogens with one attached hydrogen (secondary N) is 1. The summed E-state index contributed by atoms with van der Waals surface area (Å²) >= 11 is 0. The van der Waals surface area contributed by atoms with Gasteiger partial charge in [-0.2, -0.15) is 0 Å². The van der Waals surface area contributed by atoms with Gasteiger partial charge in [-0.3, -0.25) is 4.79 Å². The highest BCUT2D eigenvalue weighted by Crippen LogP contribution is 2.62. The van der Waals surface area contributed by atoms with Gasteiger partial charge < -0.3 is 10.1 Å². The third-order valence-corrected chi connectivity index (χ3v) is 4.37. The van der Waals surface area contributed by atoms with Gasteiger partial charge in [0, 0.05) is 17.9 Å². The molecule has 1 amide bonds. The first-order valence-electron chi connectivity index (χ1n) is 5.87. The van der Waals surface area contributed by atoms with E-state index in [1.54, 1.807) is 0 Å². The first-order valence-corrected chi connectivity index (χ1v) is 5.87. The molecule has 4 rings (SSSR count). The Morgan fingerprint density at radius 3 is 3.12 bits per heavy atom. The Labute approximate surface area is 93.8 Å². The topological polar surface area (TPSA) is 38.3 Å². The van der Waals surface area contributed by atoms with Crippen LogP contribution >= 0.6 is 0 Å². The molecule has 1 N–H and O–H groups in total. The number of carbonyl (C=O) groups excluding carboxylic acids is 1. The van der Waals surface area contributed by atoms with Gasteiger partial charge in [0.1, 0.15) is 5.60 Å². The van der Waals surface area contributed by atoms with Gasteiger partial charge in [-0.1, -0.05) is 18.2 Å². The van der Waals surface area contributed by atoms with E-state index in [2.05, 4.69) is 11.4 Å². The lowest BCUT2D eigenvalue weighted by Gasteiger charge is -2.53. The maximum Gasteiger partial charge on any atom is 0.230 e. The monoisotopic (exact) mass is 215 g/mol. The van der Waals surface area contributed by atoms with Crippen LogP contribution in [0.5, 0.6) is 0 Å². The van der Waals surface area contributed by atoms with Crippen LogP contribution in [0.1, 0.15) is 18.4 Å². The average Bonchev–Trinajstić information content (AvgIpc) is 2.57. The van der Waals surface area contributed by atoms with Crippen LogP contribution in [0.4, 0.5) is 5.69 Å². The Morgan fingerprint density at radius 1 is 1.38 bits per heavy atom. The number of anilines is 1. The number of para-hydroxylation sites is 1. The van der Waals surface area contributed by atoms with E-state index in [0.29, 0.717) is 5.92 Å². The highest BCUT2D eigenvalue weighted by Gasteiger charge is 2.65. The summed E-state index contributed by atoms with van der Waals surface area (Å²) in [5.41, 5.74) is 1.85. The molecule has 1 aromatic carbocycles. The second kappa shape index (κ2) is 2.66. The van der Waals surface area contributed by atoms with Crippen molar-refractivity contribution < 1.29 is 9.53 Å². The van der Waals surface area contributed by atoms with Crippen molar-refractivity contribution in [3.8, 4) is 0 Å². The van der Waals surface area contributed by atoms with Crippen LogP contribution in [0.2, 0.25) is 0 Å². The summed E-state index contributed by atoms with van der Waals surface area (Å²) in [7, 11) is 0. The predicted octanol–water partition coefficient (Wildman–Crippen LogP) is 1.89. The van der Waals surface area contributed by atoms with Gasteiger partial charge in [0.05, 0.1) is 5.92 Å². The number of amides is 1. The molecule has 0 bridgehead atoms. The average molecular weight is 215 g/mol. The van der Waals surface area contributed by atoms with Crippen LogP contribution < -0.4 is 5.32 Å². The lowest BCUT2D eigenvalue weighted by Crippen LogP contribution is -2.58. The zero-order chi connectivity index (χ0) is 10.8. The number of carbonyl (C=O) groups is 1. The maximum atomic E-state index is 12.0. The third kappa shape index (κ3) is 0.789. The normalized spacial score (nSPS) is 39.1. The molecule has 2 heterocycles. The summed E-state index contributed by atoms with van der Waals surface area (Å²) < 4.78 is 5.98. The van der Waals surface area contributed by atoms with Crippen LogP contribution in [-0.4, -0.2) is 12.5 Å². The smallest absolute Gasteiger partial charge is 0.230 e. The molecule has 2 aliphatic heterocycles. The molecule has 0 radical (unpaired) electrons. The molecule has 2 fully saturated rings. The zero-order valence-electron chi connectivity index (χ0n) is 8.90. The molecule has 1 aromatic rings. The molecular formula is C13H13NO2. The number of hydrogen-bond acceptors (Lipinski definition) is 2. The summed E-state index contributed by atoms with van der Waals surface area (Å²) in [6, 6.07) is 8.05. The molecule has 16 heavy (non-hydrogen) atoms. The van der Waals surface area contributed by atoms with E-state index >= 15 is 0 Å². The fourth-order valence-electron chi connectivity index (χ4n) is 3.62. The quantitative estimate of drug-likeness (QED) is 0.717. The molecule has 1 aliphatic carbocycles. The van der Waals surface area contributed by atoms with E-state index in [9.17, 15) is 4.79 Å².